The van der Waals surface area contributed by atoms with Crippen LogP contribution in [0.15, 0.2) is 36.5 Å². The third-order valence-corrected chi connectivity index (χ3v) is 4.20. The number of carbonyl (C=O) groups is 2. The monoisotopic (exact) mass is 314 g/mol. The number of Topliss-reactive ketones (excluding diaryl/α,β-unsaturated/α-hetero) is 1. The molecule has 1 N–H and O–H groups in total. The van der Waals surface area contributed by atoms with E-state index in [2.05, 4.69) is 15.5 Å². The second kappa shape index (κ2) is 6.07. The number of nitrogens with one attached hydrogen (secondary N) is 1. The first-order valence-electron chi connectivity index (χ1n) is 6.83. The van der Waals surface area contributed by atoms with E-state index >= 15 is 0 Å². The van der Waals surface area contributed by atoms with Crippen molar-refractivity contribution in [1.29, 1.82) is 0 Å². The van der Waals surface area contributed by atoms with Crippen LogP contribution in [-0.2, 0) is 4.79 Å². The molecule has 0 radical (unpaired) electrons. The van der Waals surface area contributed by atoms with E-state index in [1.165, 1.54) is 11.3 Å². The maximum absolute atomic E-state index is 12.0. The summed E-state index contributed by atoms with van der Waals surface area (Å²) in [7, 11) is 0. The molecule has 3 aromatic rings. The van der Waals surface area contributed by atoms with Crippen molar-refractivity contribution in [3.8, 4) is 0 Å². The van der Waals surface area contributed by atoms with E-state index in [1.807, 2.05) is 25.1 Å². The van der Waals surface area contributed by atoms with Crippen LogP contribution >= 0.6 is 11.3 Å². The van der Waals surface area contributed by atoms with E-state index in [0.717, 1.165) is 4.88 Å². The first kappa shape index (κ1) is 14.4. The molecule has 3 aromatic heterocycles. The SMILES string of the molecule is Cc1ccc(C(=O)CCC(=O)Nc2nnc3ccccn23)s1. The topological polar surface area (TPSA) is 76.4 Å². The van der Waals surface area contributed by atoms with E-state index in [9.17, 15) is 9.59 Å². The van der Waals surface area contributed by atoms with Crippen LogP contribution in [0.25, 0.3) is 5.65 Å². The number of aryl methyl sites for hydroxylation is 1. The number of pyridine rings is 1. The van der Waals surface area contributed by atoms with E-state index in [1.54, 1.807) is 22.7 Å². The van der Waals surface area contributed by atoms with Crippen LogP contribution in [0.1, 0.15) is 27.4 Å². The van der Waals surface area contributed by atoms with E-state index in [-0.39, 0.29) is 24.5 Å². The van der Waals surface area contributed by atoms with Crippen molar-refractivity contribution in [1.82, 2.24) is 14.6 Å². The van der Waals surface area contributed by atoms with Gasteiger partial charge in [-0.15, -0.1) is 21.5 Å². The highest BCUT2D eigenvalue weighted by Gasteiger charge is 2.13. The van der Waals surface area contributed by atoms with Gasteiger partial charge < -0.3 is 0 Å². The number of ketones is 1. The lowest BCUT2D eigenvalue weighted by atomic mass is 10.2. The zero-order chi connectivity index (χ0) is 15.5. The standard InChI is InChI=1S/C15H14N4O2S/c1-10-5-7-12(22-10)11(20)6-8-14(21)16-15-18-17-13-4-2-3-9-19(13)15/h2-5,7,9H,6,8H2,1H3,(H,16,18,21). The number of fused-ring (bicyclic) bond motifs is 1. The van der Waals surface area contributed by atoms with E-state index in [0.29, 0.717) is 16.5 Å². The molecular weight excluding hydrogens is 300 g/mol. The Morgan fingerprint density at radius 3 is 2.82 bits per heavy atom. The van der Waals surface area contributed by atoms with Gasteiger partial charge in [-0.05, 0) is 31.2 Å². The van der Waals surface area contributed by atoms with Gasteiger partial charge in [-0.1, -0.05) is 6.07 Å². The number of carbonyl (C=O) groups excluding carboxylic acids is 2. The summed E-state index contributed by atoms with van der Waals surface area (Å²) in [6.07, 6.45) is 2.07. The van der Waals surface area contributed by atoms with Gasteiger partial charge in [0.05, 0.1) is 4.88 Å². The lowest BCUT2D eigenvalue weighted by molar-refractivity contribution is -0.116. The average Bonchev–Trinajstić information content (AvgIpc) is 3.12. The highest BCUT2D eigenvalue weighted by atomic mass is 32.1. The number of anilines is 1. The Morgan fingerprint density at radius 1 is 1.18 bits per heavy atom. The first-order valence-corrected chi connectivity index (χ1v) is 7.64. The smallest absolute Gasteiger partial charge is 0.235 e. The Labute approximate surface area is 130 Å². The molecule has 0 aromatic carbocycles. The molecule has 22 heavy (non-hydrogen) atoms. The summed E-state index contributed by atoms with van der Waals surface area (Å²) in [6, 6.07) is 9.17. The van der Waals surface area contributed by atoms with Gasteiger partial charge in [0.15, 0.2) is 11.4 Å². The van der Waals surface area contributed by atoms with Crippen molar-refractivity contribution >= 4 is 34.6 Å². The maximum Gasteiger partial charge on any atom is 0.235 e. The van der Waals surface area contributed by atoms with Gasteiger partial charge in [0.25, 0.3) is 0 Å². The quantitative estimate of drug-likeness (QED) is 0.735. The number of hydrogen-bond donors (Lipinski definition) is 1. The molecule has 0 atom stereocenters. The highest BCUT2D eigenvalue weighted by Crippen LogP contribution is 2.17. The van der Waals surface area contributed by atoms with Crippen molar-refractivity contribution in [2.75, 3.05) is 5.32 Å². The van der Waals surface area contributed by atoms with Gasteiger partial charge in [-0.2, -0.15) is 0 Å². The van der Waals surface area contributed by atoms with Crippen LogP contribution in [0.5, 0.6) is 0 Å². The third-order valence-electron chi connectivity index (χ3n) is 3.16. The van der Waals surface area contributed by atoms with Gasteiger partial charge in [-0.25, -0.2) is 0 Å². The summed E-state index contributed by atoms with van der Waals surface area (Å²) < 4.78 is 1.68. The van der Waals surface area contributed by atoms with Gasteiger partial charge in [0.2, 0.25) is 11.9 Å². The summed E-state index contributed by atoms with van der Waals surface area (Å²) >= 11 is 1.45. The van der Waals surface area contributed by atoms with Crippen molar-refractivity contribution in [2.45, 2.75) is 19.8 Å². The van der Waals surface area contributed by atoms with E-state index in [4.69, 9.17) is 0 Å². The van der Waals surface area contributed by atoms with Crippen LogP contribution in [0.3, 0.4) is 0 Å². The van der Waals surface area contributed by atoms with Crippen LogP contribution < -0.4 is 5.32 Å². The van der Waals surface area contributed by atoms with Gasteiger partial charge in [0, 0.05) is 23.9 Å². The second-order valence-electron chi connectivity index (χ2n) is 4.83. The molecule has 1 amide bonds. The van der Waals surface area contributed by atoms with Crippen molar-refractivity contribution in [3.63, 3.8) is 0 Å². The molecule has 0 bridgehead atoms. The summed E-state index contributed by atoms with van der Waals surface area (Å²) in [5.41, 5.74) is 0.655. The zero-order valence-corrected chi connectivity index (χ0v) is 12.8. The summed E-state index contributed by atoms with van der Waals surface area (Å²) in [6.45, 7) is 1.95. The minimum atomic E-state index is -0.250. The molecule has 6 nitrogen and oxygen atoms in total. The predicted octanol–water partition coefficient (Wildman–Crippen LogP) is 2.70. The number of nitrogens with zero attached hydrogens (tertiary/aromatic N) is 3. The third kappa shape index (κ3) is 3.04. The Kier molecular flexibility index (Phi) is 3.97. The molecule has 0 saturated heterocycles. The lowest BCUT2D eigenvalue weighted by Crippen LogP contribution is -2.15. The molecule has 0 aliphatic rings. The molecule has 0 aliphatic carbocycles. The second-order valence-corrected chi connectivity index (χ2v) is 6.12. The van der Waals surface area contributed by atoms with E-state index < -0.39 is 0 Å². The molecule has 0 aliphatic heterocycles. The lowest BCUT2D eigenvalue weighted by Gasteiger charge is -2.02. The molecule has 0 unspecified atom stereocenters. The van der Waals surface area contributed by atoms with Gasteiger partial charge in [0.1, 0.15) is 0 Å². The Hall–Kier alpha value is -2.54. The van der Waals surface area contributed by atoms with Gasteiger partial charge >= 0.3 is 0 Å². The van der Waals surface area contributed by atoms with Crippen molar-refractivity contribution < 1.29 is 9.59 Å². The fraction of sp³-hybridized carbons (Fsp3) is 0.200. The Balaban J connectivity index is 1.60. The van der Waals surface area contributed by atoms with Crippen molar-refractivity contribution in [2.24, 2.45) is 0 Å². The Bertz CT molecular complexity index is 837. The minimum Gasteiger partial charge on any atom is -0.294 e. The van der Waals surface area contributed by atoms with Crippen LogP contribution in [0.4, 0.5) is 5.95 Å². The van der Waals surface area contributed by atoms with Crippen LogP contribution in [-0.4, -0.2) is 26.3 Å². The molecule has 112 valence electrons. The zero-order valence-electron chi connectivity index (χ0n) is 11.9. The predicted molar refractivity (Wildman–Crippen MR) is 84.2 cm³/mol. The van der Waals surface area contributed by atoms with Crippen LogP contribution in [0, 0.1) is 6.92 Å². The summed E-state index contributed by atoms with van der Waals surface area (Å²) in [4.78, 5) is 25.7. The first-order chi connectivity index (χ1) is 10.6. The fourth-order valence-corrected chi connectivity index (χ4v) is 2.88. The number of hydrogen-bond acceptors (Lipinski definition) is 5. The van der Waals surface area contributed by atoms with Crippen molar-refractivity contribution in [3.05, 3.63) is 46.3 Å². The minimum absolute atomic E-state index is 0.0145. The normalized spacial score (nSPS) is 10.8. The summed E-state index contributed by atoms with van der Waals surface area (Å²) in [5.74, 6) is 0.0964. The molecule has 0 fully saturated rings. The number of thiophene rings is 1. The molecular formula is C15H14N4O2S. The van der Waals surface area contributed by atoms with Crippen LogP contribution in [0.2, 0.25) is 0 Å². The number of aromatic nitrogens is 3. The number of amides is 1. The fourth-order valence-electron chi connectivity index (χ4n) is 2.05. The molecule has 3 heterocycles. The number of rotatable bonds is 5. The van der Waals surface area contributed by atoms with Gasteiger partial charge in [-0.3, -0.25) is 19.3 Å². The average molecular weight is 314 g/mol. The maximum atomic E-state index is 12.0. The summed E-state index contributed by atoms with van der Waals surface area (Å²) in [5, 5.41) is 10.6. The highest BCUT2D eigenvalue weighted by molar-refractivity contribution is 7.14. The molecule has 0 saturated carbocycles. The molecule has 3 rings (SSSR count). The largest absolute Gasteiger partial charge is 0.294 e. The Morgan fingerprint density at radius 2 is 2.05 bits per heavy atom. The molecule has 7 heteroatoms. The molecule has 0 spiro atoms.